The summed E-state index contributed by atoms with van der Waals surface area (Å²) in [5, 5.41) is 5.54. The van der Waals surface area contributed by atoms with Crippen LogP contribution in [0.2, 0.25) is 0 Å². The number of hydrogen-bond donors (Lipinski definition) is 2. The zero-order chi connectivity index (χ0) is 12.6. The van der Waals surface area contributed by atoms with E-state index in [1.807, 2.05) is 31.2 Å². The van der Waals surface area contributed by atoms with Gasteiger partial charge in [-0.2, -0.15) is 0 Å². The van der Waals surface area contributed by atoms with Crippen LogP contribution in [-0.4, -0.2) is 24.0 Å². The molecule has 1 aromatic rings. The molecule has 0 atom stereocenters. The number of carbonyl (C=O) groups excluding carboxylic acids is 2. The highest BCUT2D eigenvalue weighted by atomic mass is 16.2. The van der Waals surface area contributed by atoms with Gasteiger partial charge in [-0.1, -0.05) is 29.8 Å². The third kappa shape index (κ3) is 1.95. The number of carbonyl (C=O) groups is 2. The lowest BCUT2D eigenvalue weighted by Crippen LogP contribution is -2.67. The Labute approximate surface area is 99.8 Å². The van der Waals surface area contributed by atoms with E-state index in [4.69, 9.17) is 0 Å². The molecule has 1 heterocycles. The monoisotopic (exact) mass is 233 g/mol. The molecule has 0 radical (unpaired) electrons. The van der Waals surface area contributed by atoms with Crippen molar-refractivity contribution in [2.75, 3.05) is 7.05 Å². The van der Waals surface area contributed by atoms with Gasteiger partial charge in [0.1, 0.15) is 5.66 Å². The molecule has 2 rings (SSSR count). The van der Waals surface area contributed by atoms with Gasteiger partial charge in [-0.3, -0.25) is 0 Å². The van der Waals surface area contributed by atoms with Crippen LogP contribution in [0.3, 0.4) is 0 Å². The Kier molecular flexibility index (Phi) is 2.53. The predicted octanol–water partition coefficient (Wildman–Crippen LogP) is 1.53. The maximum absolute atomic E-state index is 11.6. The van der Waals surface area contributed by atoms with E-state index in [2.05, 4.69) is 10.6 Å². The summed E-state index contributed by atoms with van der Waals surface area (Å²) in [6, 6.07) is 6.86. The Morgan fingerprint density at radius 1 is 1.18 bits per heavy atom. The Balaban J connectivity index is 2.37. The first kappa shape index (κ1) is 11.4. The van der Waals surface area contributed by atoms with E-state index in [1.54, 1.807) is 6.92 Å². The summed E-state index contributed by atoms with van der Waals surface area (Å²) in [5.41, 5.74) is 1.07. The fourth-order valence-corrected chi connectivity index (χ4v) is 1.82. The van der Waals surface area contributed by atoms with E-state index in [9.17, 15) is 9.59 Å². The number of aryl methyl sites for hydroxylation is 1. The van der Waals surface area contributed by atoms with Gasteiger partial charge < -0.3 is 10.6 Å². The van der Waals surface area contributed by atoms with Crippen LogP contribution in [0.1, 0.15) is 18.1 Å². The van der Waals surface area contributed by atoms with Crippen LogP contribution in [0, 0.1) is 6.92 Å². The number of benzene rings is 1. The van der Waals surface area contributed by atoms with Gasteiger partial charge >= 0.3 is 12.1 Å². The highest BCUT2D eigenvalue weighted by Crippen LogP contribution is 2.21. The molecule has 0 unspecified atom stereocenters. The topological polar surface area (TPSA) is 61.4 Å². The molecule has 1 aromatic carbocycles. The van der Waals surface area contributed by atoms with Crippen molar-refractivity contribution >= 4 is 12.1 Å². The normalized spacial score (nSPS) is 18.6. The van der Waals surface area contributed by atoms with E-state index in [1.165, 1.54) is 7.05 Å². The Hall–Kier alpha value is -2.04. The Morgan fingerprint density at radius 3 is 2.29 bits per heavy atom. The van der Waals surface area contributed by atoms with Gasteiger partial charge in [0, 0.05) is 7.05 Å². The summed E-state index contributed by atoms with van der Waals surface area (Å²) in [5.74, 6) is 0. The van der Waals surface area contributed by atoms with E-state index in [0.717, 1.165) is 16.0 Å². The second-order valence-electron chi connectivity index (χ2n) is 4.41. The highest BCUT2D eigenvalue weighted by molar-refractivity contribution is 5.96. The first-order chi connectivity index (χ1) is 7.92. The second kappa shape index (κ2) is 3.76. The minimum absolute atomic E-state index is 0.405. The average Bonchev–Trinajstić information content (AvgIpc) is 2.26. The molecule has 0 aromatic heterocycles. The lowest BCUT2D eigenvalue weighted by molar-refractivity contribution is 0.152. The molecule has 4 amide bonds. The molecule has 2 N–H and O–H groups in total. The summed E-state index contributed by atoms with van der Waals surface area (Å²) < 4.78 is 0. The van der Waals surface area contributed by atoms with Crippen LogP contribution < -0.4 is 10.6 Å². The predicted molar refractivity (Wildman–Crippen MR) is 63.4 cm³/mol. The molecule has 5 nitrogen and oxygen atoms in total. The van der Waals surface area contributed by atoms with E-state index >= 15 is 0 Å². The van der Waals surface area contributed by atoms with Crippen molar-refractivity contribution in [1.82, 2.24) is 15.5 Å². The maximum Gasteiger partial charge on any atom is 0.327 e. The van der Waals surface area contributed by atoms with E-state index in [0.29, 0.717) is 0 Å². The molecule has 0 aliphatic carbocycles. The number of hydrogen-bond acceptors (Lipinski definition) is 2. The molecule has 0 spiro atoms. The minimum Gasteiger partial charge on any atom is -0.311 e. The number of amides is 4. The first-order valence-electron chi connectivity index (χ1n) is 5.37. The number of imide groups is 1. The summed E-state index contributed by atoms with van der Waals surface area (Å²) in [4.78, 5) is 24.3. The summed E-state index contributed by atoms with van der Waals surface area (Å²) in [6.07, 6.45) is 0. The van der Waals surface area contributed by atoms with Crippen LogP contribution in [0.25, 0.3) is 0 Å². The van der Waals surface area contributed by atoms with Gasteiger partial charge in [0.2, 0.25) is 0 Å². The first-order valence-corrected chi connectivity index (χ1v) is 5.37. The lowest BCUT2D eigenvalue weighted by Gasteiger charge is -2.39. The summed E-state index contributed by atoms with van der Waals surface area (Å²) >= 11 is 0. The largest absolute Gasteiger partial charge is 0.327 e. The molecule has 1 saturated heterocycles. The van der Waals surface area contributed by atoms with Crippen LogP contribution in [-0.2, 0) is 5.66 Å². The van der Waals surface area contributed by atoms with Crippen LogP contribution in [0.5, 0.6) is 0 Å². The van der Waals surface area contributed by atoms with Gasteiger partial charge in [-0.15, -0.1) is 0 Å². The van der Waals surface area contributed by atoms with E-state index in [-0.39, 0.29) is 0 Å². The Morgan fingerprint density at radius 2 is 1.76 bits per heavy atom. The quantitative estimate of drug-likeness (QED) is 0.772. The molecule has 1 aliphatic rings. The molecule has 90 valence electrons. The fraction of sp³-hybridized carbons (Fsp3) is 0.333. The summed E-state index contributed by atoms with van der Waals surface area (Å²) in [7, 11) is 1.43. The van der Waals surface area contributed by atoms with Gasteiger partial charge in [0.25, 0.3) is 0 Å². The van der Waals surface area contributed by atoms with Gasteiger partial charge in [0.05, 0.1) is 0 Å². The van der Waals surface area contributed by atoms with Gasteiger partial charge in [-0.25, -0.2) is 14.5 Å². The maximum atomic E-state index is 11.6. The van der Waals surface area contributed by atoms with Gasteiger partial charge in [0.15, 0.2) is 0 Å². The van der Waals surface area contributed by atoms with Crippen LogP contribution in [0.15, 0.2) is 24.3 Å². The standard InChI is InChI=1S/C12H15N3O2/c1-8-5-4-6-9(7-8)12(2)13-10(16)15(3)11(17)14-12/h4-7H,1-3H3,(H,13,16)(H,14,17). The Bertz CT molecular complexity index is 466. The molecular formula is C12H15N3O2. The minimum atomic E-state index is -0.854. The van der Waals surface area contributed by atoms with Crippen molar-refractivity contribution in [3.8, 4) is 0 Å². The number of nitrogens with one attached hydrogen (secondary N) is 2. The molecular weight excluding hydrogens is 218 g/mol. The SMILES string of the molecule is Cc1cccc(C2(C)NC(=O)N(C)C(=O)N2)c1. The third-order valence-electron chi connectivity index (χ3n) is 2.92. The van der Waals surface area contributed by atoms with Crippen molar-refractivity contribution in [3.05, 3.63) is 35.4 Å². The zero-order valence-electron chi connectivity index (χ0n) is 10.1. The molecule has 17 heavy (non-hydrogen) atoms. The third-order valence-corrected chi connectivity index (χ3v) is 2.92. The van der Waals surface area contributed by atoms with Crippen molar-refractivity contribution in [3.63, 3.8) is 0 Å². The van der Waals surface area contributed by atoms with Crippen molar-refractivity contribution < 1.29 is 9.59 Å². The highest BCUT2D eigenvalue weighted by Gasteiger charge is 2.38. The molecule has 0 bridgehead atoms. The average molecular weight is 233 g/mol. The number of rotatable bonds is 1. The number of urea groups is 2. The lowest BCUT2D eigenvalue weighted by atomic mass is 9.99. The smallest absolute Gasteiger partial charge is 0.311 e. The fourth-order valence-electron chi connectivity index (χ4n) is 1.82. The molecule has 5 heteroatoms. The molecule has 1 fully saturated rings. The number of nitrogens with zero attached hydrogens (tertiary/aromatic N) is 1. The van der Waals surface area contributed by atoms with Gasteiger partial charge in [-0.05, 0) is 19.4 Å². The van der Waals surface area contributed by atoms with Crippen molar-refractivity contribution in [2.45, 2.75) is 19.5 Å². The molecule has 0 saturated carbocycles. The van der Waals surface area contributed by atoms with Crippen LogP contribution in [0.4, 0.5) is 9.59 Å². The summed E-state index contributed by atoms with van der Waals surface area (Å²) in [6.45, 7) is 3.73. The van der Waals surface area contributed by atoms with E-state index < -0.39 is 17.7 Å². The van der Waals surface area contributed by atoms with Crippen molar-refractivity contribution in [2.24, 2.45) is 0 Å². The zero-order valence-corrected chi connectivity index (χ0v) is 10.1. The second-order valence-corrected chi connectivity index (χ2v) is 4.41. The van der Waals surface area contributed by atoms with Crippen LogP contribution >= 0.6 is 0 Å². The van der Waals surface area contributed by atoms with Crippen molar-refractivity contribution in [1.29, 1.82) is 0 Å². The molecule has 1 aliphatic heterocycles.